The van der Waals surface area contributed by atoms with E-state index in [1.54, 1.807) is 0 Å². The van der Waals surface area contributed by atoms with E-state index in [4.69, 9.17) is 0 Å². The molecule has 2 heteroatoms. The highest BCUT2D eigenvalue weighted by atomic mass is 14.8. The van der Waals surface area contributed by atoms with Crippen molar-refractivity contribution in [3.63, 3.8) is 0 Å². The summed E-state index contributed by atoms with van der Waals surface area (Å²) in [6.45, 7) is 5.78. The second-order valence-corrected chi connectivity index (χ2v) is 5.18. The van der Waals surface area contributed by atoms with Crippen LogP contribution in [0.25, 0.3) is 17.0 Å². The second-order valence-electron chi connectivity index (χ2n) is 5.18. The molecule has 3 rings (SSSR count). The minimum atomic E-state index is 0.909. The van der Waals surface area contributed by atoms with Gasteiger partial charge >= 0.3 is 0 Å². The Balaban J connectivity index is 1.66. The Morgan fingerprint density at radius 3 is 2.57 bits per heavy atom. The number of hydrogen-bond donors (Lipinski definition) is 2. The lowest BCUT2D eigenvalue weighted by Gasteiger charge is -2.05. The highest BCUT2D eigenvalue weighted by Crippen LogP contribution is 2.23. The quantitative estimate of drug-likeness (QED) is 0.651. The van der Waals surface area contributed by atoms with Gasteiger partial charge in [-0.1, -0.05) is 55.1 Å². The fraction of sp³-hybridized carbons (Fsp3) is 0.158. The van der Waals surface area contributed by atoms with Crippen molar-refractivity contribution < 1.29 is 0 Å². The standard InChI is InChI=1S/C19H20N2/c1-2-18-17(16-10-6-7-11-19(16)21-18)12-13-20-14-15-8-4-3-5-9-15/h2-11,20-21H,1,12-14H2. The SMILES string of the molecule is C=Cc1[nH]c2ccccc2c1CCNCc1ccccc1. The average Bonchev–Trinajstić information content (AvgIpc) is 2.90. The van der Waals surface area contributed by atoms with Crippen LogP contribution in [0, 0.1) is 0 Å². The van der Waals surface area contributed by atoms with Crippen LogP contribution in [0.3, 0.4) is 0 Å². The third-order valence-electron chi connectivity index (χ3n) is 3.77. The Labute approximate surface area is 125 Å². The zero-order valence-corrected chi connectivity index (χ0v) is 12.1. The van der Waals surface area contributed by atoms with Gasteiger partial charge in [0.1, 0.15) is 0 Å². The molecule has 0 radical (unpaired) electrons. The maximum absolute atomic E-state index is 3.91. The van der Waals surface area contributed by atoms with E-state index in [1.807, 2.05) is 12.1 Å². The number of aromatic amines is 1. The largest absolute Gasteiger partial charge is 0.355 e. The number of hydrogen-bond acceptors (Lipinski definition) is 1. The molecule has 3 aromatic rings. The molecule has 1 heterocycles. The smallest absolute Gasteiger partial charge is 0.0461 e. The van der Waals surface area contributed by atoms with Gasteiger partial charge in [-0.25, -0.2) is 0 Å². The Morgan fingerprint density at radius 1 is 1.00 bits per heavy atom. The molecule has 0 unspecified atom stereocenters. The van der Waals surface area contributed by atoms with Crippen molar-refractivity contribution in [3.8, 4) is 0 Å². The van der Waals surface area contributed by atoms with E-state index in [0.717, 1.165) is 25.2 Å². The summed E-state index contributed by atoms with van der Waals surface area (Å²) in [5, 5.41) is 4.81. The van der Waals surface area contributed by atoms with E-state index in [2.05, 4.69) is 65.4 Å². The van der Waals surface area contributed by atoms with Crippen LogP contribution in [0.15, 0.2) is 61.2 Å². The lowest BCUT2D eigenvalue weighted by molar-refractivity contribution is 0.688. The predicted molar refractivity (Wildman–Crippen MR) is 90.2 cm³/mol. The number of H-pyrrole nitrogens is 1. The summed E-state index contributed by atoms with van der Waals surface area (Å²) in [5.74, 6) is 0. The molecule has 106 valence electrons. The molecule has 2 aromatic carbocycles. The van der Waals surface area contributed by atoms with Crippen LogP contribution in [0.4, 0.5) is 0 Å². The summed E-state index contributed by atoms with van der Waals surface area (Å²) in [4.78, 5) is 3.43. The van der Waals surface area contributed by atoms with E-state index in [9.17, 15) is 0 Å². The lowest BCUT2D eigenvalue weighted by atomic mass is 10.1. The molecular weight excluding hydrogens is 256 g/mol. The lowest BCUT2D eigenvalue weighted by Crippen LogP contribution is -2.16. The molecule has 0 aliphatic heterocycles. The summed E-state index contributed by atoms with van der Waals surface area (Å²) >= 11 is 0. The molecule has 0 aliphatic rings. The van der Waals surface area contributed by atoms with Gasteiger partial charge in [-0.15, -0.1) is 0 Å². The highest BCUT2D eigenvalue weighted by Gasteiger charge is 2.08. The van der Waals surface area contributed by atoms with E-state index in [0.29, 0.717) is 0 Å². The molecule has 0 saturated heterocycles. The maximum atomic E-state index is 3.91. The van der Waals surface area contributed by atoms with Crippen LogP contribution >= 0.6 is 0 Å². The van der Waals surface area contributed by atoms with Gasteiger partial charge in [0.05, 0.1) is 0 Å². The van der Waals surface area contributed by atoms with Gasteiger partial charge in [-0.2, -0.15) is 0 Å². The number of aromatic nitrogens is 1. The van der Waals surface area contributed by atoms with E-state index in [-0.39, 0.29) is 0 Å². The fourth-order valence-corrected chi connectivity index (χ4v) is 2.71. The first-order valence-corrected chi connectivity index (χ1v) is 7.35. The number of nitrogens with one attached hydrogen (secondary N) is 2. The van der Waals surface area contributed by atoms with Crippen LogP contribution in [0.1, 0.15) is 16.8 Å². The van der Waals surface area contributed by atoms with Crippen LogP contribution in [0.2, 0.25) is 0 Å². The Hall–Kier alpha value is -2.32. The molecule has 0 saturated carbocycles. The average molecular weight is 276 g/mol. The summed E-state index contributed by atoms with van der Waals surface area (Å²) in [5.41, 5.74) is 4.99. The zero-order chi connectivity index (χ0) is 14.5. The molecule has 0 aliphatic carbocycles. The van der Waals surface area contributed by atoms with Crippen molar-refractivity contribution in [3.05, 3.63) is 78.0 Å². The first-order chi connectivity index (χ1) is 10.4. The molecule has 0 fully saturated rings. The molecule has 21 heavy (non-hydrogen) atoms. The number of para-hydroxylation sites is 1. The third-order valence-corrected chi connectivity index (χ3v) is 3.77. The van der Waals surface area contributed by atoms with Crippen molar-refractivity contribution in [2.45, 2.75) is 13.0 Å². The first kappa shape index (κ1) is 13.7. The van der Waals surface area contributed by atoms with Crippen molar-refractivity contribution in [2.24, 2.45) is 0 Å². The normalized spacial score (nSPS) is 10.9. The number of fused-ring (bicyclic) bond motifs is 1. The fourth-order valence-electron chi connectivity index (χ4n) is 2.71. The van der Waals surface area contributed by atoms with Gasteiger partial charge < -0.3 is 10.3 Å². The molecule has 0 bridgehead atoms. The van der Waals surface area contributed by atoms with Crippen molar-refractivity contribution >= 4 is 17.0 Å². The molecule has 0 spiro atoms. The Bertz CT molecular complexity index is 726. The van der Waals surface area contributed by atoms with Gasteiger partial charge in [0.2, 0.25) is 0 Å². The summed E-state index contributed by atoms with van der Waals surface area (Å²) in [6.07, 6.45) is 2.91. The van der Waals surface area contributed by atoms with Crippen molar-refractivity contribution in [1.29, 1.82) is 0 Å². The molecule has 2 N–H and O–H groups in total. The van der Waals surface area contributed by atoms with Gasteiger partial charge in [-0.3, -0.25) is 0 Å². The monoisotopic (exact) mass is 276 g/mol. The second kappa shape index (κ2) is 6.42. The molecule has 2 nitrogen and oxygen atoms in total. The molecule has 0 atom stereocenters. The Morgan fingerprint density at radius 2 is 1.76 bits per heavy atom. The van der Waals surface area contributed by atoms with Crippen LogP contribution in [-0.2, 0) is 13.0 Å². The summed E-state index contributed by atoms with van der Waals surface area (Å²) in [7, 11) is 0. The van der Waals surface area contributed by atoms with Gasteiger partial charge in [0.15, 0.2) is 0 Å². The number of rotatable bonds is 6. The van der Waals surface area contributed by atoms with E-state index in [1.165, 1.54) is 22.0 Å². The topological polar surface area (TPSA) is 27.8 Å². The van der Waals surface area contributed by atoms with E-state index < -0.39 is 0 Å². The minimum Gasteiger partial charge on any atom is -0.355 e. The summed E-state index contributed by atoms with van der Waals surface area (Å²) < 4.78 is 0. The van der Waals surface area contributed by atoms with Crippen molar-refractivity contribution in [1.82, 2.24) is 10.3 Å². The zero-order valence-electron chi connectivity index (χ0n) is 12.1. The van der Waals surface area contributed by atoms with Crippen LogP contribution < -0.4 is 5.32 Å². The highest BCUT2D eigenvalue weighted by molar-refractivity contribution is 5.87. The first-order valence-electron chi connectivity index (χ1n) is 7.35. The molecular formula is C19H20N2. The maximum Gasteiger partial charge on any atom is 0.0461 e. The van der Waals surface area contributed by atoms with Crippen molar-refractivity contribution in [2.75, 3.05) is 6.54 Å². The molecule has 1 aromatic heterocycles. The van der Waals surface area contributed by atoms with Gasteiger partial charge in [0, 0.05) is 23.1 Å². The van der Waals surface area contributed by atoms with Crippen LogP contribution in [0.5, 0.6) is 0 Å². The van der Waals surface area contributed by atoms with Crippen LogP contribution in [-0.4, -0.2) is 11.5 Å². The van der Waals surface area contributed by atoms with Gasteiger partial charge in [-0.05, 0) is 36.2 Å². The van der Waals surface area contributed by atoms with E-state index >= 15 is 0 Å². The third kappa shape index (κ3) is 3.06. The molecule has 0 amide bonds. The van der Waals surface area contributed by atoms with Gasteiger partial charge in [0.25, 0.3) is 0 Å². The minimum absolute atomic E-state index is 0.909. The number of benzene rings is 2. The predicted octanol–water partition coefficient (Wildman–Crippen LogP) is 4.14. The Kier molecular flexibility index (Phi) is 4.17. The summed E-state index contributed by atoms with van der Waals surface area (Å²) in [6, 6.07) is 18.9.